The highest BCUT2D eigenvalue weighted by molar-refractivity contribution is 7.99. The molecule has 2 aromatic rings. The van der Waals surface area contributed by atoms with Crippen molar-refractivity contribution in [1.29, 1.82) is 0 Å². The Balaban J connectivity index is 2.29. The molecule has 7 heteroatoms. The summed E-state index contributed by atoms with van der Waals surface area (Å²) >= 11 is 1.16. The molecular formula is C11H13N3O3S. The summed E-state index contributed by atoms with van der Waals surface area (Å²) in [5.41, 5.74) is 0.851. The Morgan fingerprint density at radius 2 is 2.33 bits per heavy atom. The van der Waals surface area contributed by atoms with Gasteiger partial charge >= 0.3 is 5.97 Å². The maximum Gasteiger partial charge on any atom is 0.313 e. The SMILES string of the molecule is CCn1c(SCC(=O)O)nnc1-c1coc(C)c1. The zero-order valence-corrected chi connectivity index (χ0v) is 10.9. The van der Waals surface area contributed by atoms with Crippen LogP contribution in [0.3, 0.4) is 0 Å². The van der Waals surface area contributed by atoms with Crippen LogP contribution in [0.1, 0.15) is 12.7 Å². The molecule has 1 N–H and O–H groups in total. The molecule has 0 spiro atoms. The van der Waals surface area contributed by atoms with Crippen LogP contribution in [0.25, 0.3) is 11.4 Å². The number of rotatable bonds is 5. The molecule has 0 aromatic carbocycles. The van der Waals surface area contributed by atoms with Crippen LogP contribution in [0.4, 0.5) is 0 Å². The first-order valence-electron chi connectivity index (χ1n) is 5.45. The minimum absolute atomic E-state index is 0.0252. The first-order chi connectivity index (χ1) is 8.61. The standard InChI is InChI=1S/C11H13N3O3S/c1-3-14-10(8-4-7(2)17-5-8)12-13-11(14)18-6-9(15)16/h4-5H,3,6H2,1-2H3,(H,15,16). The third-order valence-corrected chi connectivity index (χ3v) is 3.30. The smallest absolute Gasteiger partial charge is 0.313 e. The van der Waals surface area contributed by atoms with Crippen LogP contribution in [0.15, 0.2) is 21.9 Å². The van der Waals surface area contributed by atoms with E-state index in [0.29, 0.717) is 17.5 Å². The Bertz CT molecular complexity index is 562. The van der Waals surface area contributed by atoms with E-state index in [4.69, 9.17) is 9.52 Å². The fourth-order valence-corrected chi connectivity index (χ4v) is 2.30. The molecule has 0 bridgehead atoms. The number of aryl methyl sites for hydroxylation is 1. The van der Waals surface area contributed by atoms with Crippen LogP contribution < -0.4 is 0 Å². The van der Waals surface area contributed by atoms with Crippen molar-refractivity contribution in [2.24, 2.45) is 0 Å². The van der Waals surface area contributed by atoms with E-state index in [1.54, 1.807) is 6.26 Å². The first-order valence-corrected chi connectivity index (χ1v) is 6.43. The number of hydrogen-bond donors (Lipinski definition) is 1. The fraction of sp³-hybridized carbons (Fsp3) is 0.364. The summed E-state index contributed by atoms with van der Waals surface area (Å²) < 4.78 is 7.12. The number of nitrogens with zero attached hydrogens (tertiary/aromatic N) is 3. The average molecular weight is 267 g/mol. The second kappa shape index (κ2) is 5.26. The molecule has 0 radical (unpaired) electrons. The van der Waals surface area contributed by atoms with Crippen molar-refractivity contribution in [3.05, 3.63) is 18.1 Å². The lowest BCUT2D eigenvalue weighted by Crippen LogP contribution is -2.03. The van der Waals surface area contributed by atoms with Crippen LogP contribution in [-0.2, 0) is 11.3 Å². The van der Waals surface area contributed by atoms with Crippen LogP contribution in [0.5, 0.6) is 0 Å². The van der Waals surface area contributed by atoms with E-state index in [1.807, 2.05) is 24.5 Å². The minimum atomic E-state index is -0.869. The second-order valence-corrected chi connectivity index (χ2v) is 4.62. The number of hydrogen-bond acceptors (Lipinski definition) is 5. The van der Waals surface area contributed by atoms with Gasteiger partial charge in [-0.05, 0) is 19.9 Å². The zero-order valence-electron chi connectivity index (χ0n) is 10.1. The number of furan rings is 1. The molecule has 2 heterocycles. The topological polar surface area (TPSA) is 81.2 Å². The summed E-state index contributed by atoms with van der Waals surface area (Å²) in [5.74, 6) is 0.603. The second-order valence-electron chi connectivity index (χ2n) is 3.68. The monoisotopic (exact) mass is 267 g/mol. The highest BCUT2D eigenvalue weighted by atomic mass is 32.2. The van der Waals surface area contributed by atoms with Gasteiger partial charge in [0.25, 0.3) is 0 Å². The third kappa shape index (κ3) is 2.56. The van der Waals surface area contributed by atoms with E-state index in [1.165, 1.54) is 0 Å². The number of aromatic nitrogens is 3. The van der Waals surface area contributed by atoms with Gasteiger partial charge in [-0.3, -0.25) is 4.79 Å². The van der Waals surface area contributed by atoms with Crippen molar-refractivity contribution in [2.45, 2.75) is 25.5 Å². The molecule has 0 aliphatic carbocycles. The molecule has 0 fully saturated rings. The van der Waals surface area contributed by atoms with Gasteiger partial charge in [-0.15, -0.1) is 10.2 Å². The van der Waals surface area contributed by atoms with Gasteiger partial charge in [0, 0.05) is 6.54 Å². The Kier molecular flexibility index (Phi) is 3.71. The minimum Gasteiger partial charge on any atom is -0.481 e. The lowest BCUT2D eigenvalue weighted by Gasteiger charge is -2.04. The maximum atomic E-state index is 10.6. The summed E-state index contributed by atoms with van der Waals surface area (Å²) in [6.45, 7) is 4.50. The molecule has 0 amide bonds. The maximum absolute atomic E-state index is 10.6. The molecule has 18 heavy (non-hydrogen) atoms. The van der Waals surface area contributed by atoms with Crippen molar-refractivity contribution in [1.82, 2.24) is 14.8 Å². The van der Waals surface area contributed by atoms with Crippen molar-refractivity contribution < 1.29 is 14.3 Å². The van der Waals surface area contributed by atoms with E-state index in [9.17, 15) is 4.79 Å². The van der Waals surface area contributed by atoms with Gasteiger partial charge in [0.1, 0.15) is 12.0 Å². The first kappa shape index (κ1) is 12.7. The van der Waals surface area contributed by atoms with Gasteiger partial charge in [-0.1, -0.05) is 11.8 Å². The normalized spacial score (nSPS) is 10.8. The molecule has 0 unspecified atom stereocenters. The number of thioether (sulfide) groups is 1. The predicted molar refractivity (Wildman–Crippen MR) is 66.5 cm³/mol. The van der Waals surface area contributed by atoms with E-state index < -0.39 is 5.97 Å². The van der Waals surface area contributed by atoms with Gasteiger partial charge in [0.15, 0.2) is 11.0 Å². The van der Waals surface area contributed by atoms with Gasteiger partial charge in [0.2, 0.25) is 0 Å². The summed E-state index contributed by atoms with van der Waals surface area (Å²) in [7, 11) is 0. The van der Waals surface area contributed by atoms with E-state index in [-0.39, 0.29) is 5.75 Å². The molecular weight excluding hydrogens is 254 g/mol. The molecule has 96 valence electrons. The van der Waals surface area contributed by atoms with Crippen molar-refractivity contribution in [2.75, 3.05) is 5.75 Å². The average Bonchev–Trinajstić information content (AvgIpc) is 2.91. The zero-order chi connectivity index (χ0) is 13.1. The molecule has 0 aliphatic heterocycles. The molecule has 6 nitrogen and oxygen atoms in total. The summed E-state index contributed by atoms with van der Waals surface area (Å²) in [6.07, 6.45) is 1.62. The Morgan fingerprint density at radius 1 is 1.56 bits per heavy atom. The van der Waals surface area contributed by atoms with E-state index in [0.717, 1.165) is 23.1 Å². The lowest BCUT2D eigenvalue weighted by molar-refractivity contribution is -0.133. The molecule has 0 saturated heterocycles. The number of aliphatic carboxylic acids is 1. The molecule has 2 aromatic heterocycles. The fourth-order valence-electron chi connectivity index (χ4n) is 1.58. The van der Waals surface area contributed by atoms with Crippen LogP contribution in [0.2, 0.25) is 0 Å². The van der Waals surface area contributed by atoms with Crippen LogP contribution in [0, 0.1) is 6.92 Å². The molecule has 0 atom stereocenters. The van der Waals surface area contributed by atoms with Gasteiger partial charge < -0.3 is 14.1 Å². The summed E-state index contributed by atoms with van der Waals surface area (Å²) in [5, 5.41) is 17.4. The van der Waals surface area contributed by atoms with Crippen molar-refractivity contribution in [3.8, 4) is 11.4 Å². The van der Waals surface area contributed by atoms with Gasteiger partial charge in [-0.2, -0.15) is 0 Å². The highest BCUT2D eigenvalue weighted by Gasteiger charge is 2.15. The Morgan fingerprint density at radius 3 is 2.89 bits per heavy atom. The van der Waals surface area contributed by atoms with E-state index >= 15 is 0 Å². The van der Waals surface area contributed by atoms with Crippen LogP contribution in [-0.4, -0.2) is 31.6 Å². The van der Waals surface area contributed by atoms with E-state index in [2.05, 4.69) is 10.2 Å². The number of carbonyl (C=O) groups is 1. The third-order valence-electron chi connectivity index (χ3n) is 2.35. The number of carboxylic acid groups (broad SMARTS) is 1. The quantitative estimate of drug-likeness (QED) is 0.835. The van der Waals surface area contributed by atoms with Gasteiger partial charge in [0.05, 0.1) is 11.3 Å². The molecule has 0 saturated carbocycles. The van der Waals surface area contributed by atoms with Crippen molar-refractivity contribution in [3.63, 3.8) is 0 Å². The Labute approximate surface area is 108 Å². The largest absolute Gasteiger partial charge is 0.481 e. The highest BCUT2D eigenvalue weighted by Crippen LogP contribution is 2.25. The molecule has 2 rings (SSSR count). The molecule has 0 aliphatic rings. The van der Waals surface area contributed by atoms with Crippen molar-refractivity contribution >= 4 is 17.7 Å². The predicted octanol–water partition coefficient (Wildman–Crippen LogP) is 2.04. The van der Waals surface area contributed by atoms with Crippen LogP contribution >= 0.6 is 11.8 Å². The summed E-state index contributed by atoms with van der Waals surface area (Å²) in [4.78, 5) is 10.6. The Hall–Kier alpha value is -1.76. The van der Waals surface area contributed by atoms with Gasteiger partial charge in [-0.25, -0.2) is 0 Å². The summed E-state index contributed by atoms with van der Waals surface area (Å²) in [6, 6.07) is 1.88. The lowest BCUT2D eigenvalue weighted by atomic mass is 10.3. The number of carboxylic acids is 1.